The SMILES string of the molecule is CCNC(c1ccccc1C)c1c(Br)cnn1CC. The molecule has 3 nitrogen and oxygen atoms in total. The Balaban J connectivity index is 2.51. The second kappa shape index (κ2) is 6.35. The Morgan fingerprint density at radius 1 is 1.32 bits per heavy atom. The molecule has 0 amide bonds. The first-order chi connectivity index (χ1) is 9.19. The lowest BCUT2D eigenvalue weighted by molar-refractivity contribution is 0.539. The van der Waals surface area contributed by atoms with Crippen LogP contribution in [0.4, 0.5) is 0 Å². The predicted octanol–water partition coefficient (Wildman–Crippen LogP) is 3.67. The summed E-state index contributed by atoms with van der Waals surface area (Å²) in [7, 11) is 0. The van der Waals surface area contributed by atoms with E-state index in [9.17, 15) is 0 Å². The number of hydrogen-bond donors (Lipinski definition) is 1. The molecule has 0 saturated heterocycles. The third kappa shape index (κ3) is 2.90. The second-order valence-electron chi connectivity index (χ2n) is 4.54. The third-order valence-electron chi connectivity index (χ3n) is 3.31. The van der Waals surface area contributed by atoms with Crippen LogP contribution in [-0.2, 0) is 6.54 Å². The molecule has 1 aromatic heterocycles. The topological polar surface area (TPSA) is 29.9 Å². The standard InChI is InChI=1S/C15H20BrN3/c1-4-17-14(12-9-7-6-8-11(12)3)15-13(16)10-18-19(15)5-2/h6-10,14,17H,4-5H2,1-3H3. The van der Waals surface area contributed by atoms with Gasteiger partial charge in [-0.05, 0) is 47.4 Å². The van der Waals surface area contributed by atoms with Crippen molar-refractivity contribution in [2.24, 2.45) is 0 Å². The van der Waals surface area contributed by atoms with Gasteiger partial charge in [-0.3, -0.25) is 4.68 Å². The highest BCUT2D eigenvalue weighted by Gasteiger charge is 2.21. The summed E-state index contributed by atoms with van der Waals surface area (Å²) in [6.07, 6.45) is 1.88. The fourth-order valence-electron chi connectivity index (χ4n) is 2.38. The minimum atomic E-state index is 0.169. The first-order valence-electron chi connectivity index (χ1n) is 6.69. The lowest BCUT2D eigenvalue weighted by Gasteiger charge is -2.22. The van der Waals surface area contributed by atoms with Crippen LogP contribution >= 0.6 is 15.9 Å². The minimum absolute atomic E-state index is 0.169. The molecule has 2 aromatic rings. The molecule has 0 radical (unpaired) electrons. The van der Waals surface area contributed by atoms with Gasteiger partial charge in [0.2, 0.25) is 0 Å². The number of rotatable bonds is 5. The summed E-state index contributed by atoms with van der Waals surface area (Å²) in [5.74, 6) is 0. The highest BCUT2D eigenvalue weighted by molar-refractivity contribution is 9.10. The zero-order valence-electron chi connectivity index (χ0n) is 11.7. The highest BCUT2D eigenvalue weighted by atomic mass is 79.9. The van der Waals surface area contributed by atoms with Crippen molar-refractivity contribution in [1.29, 1.82) is 0 Å². The van der Waals surface area contributed by atoms with Crippen molar-refractivity contribution in [2.45, 2.75) is 33.4 Å². The van der Waals surface area contributed by atoms with Gasteiger partial charge < -0.3 is 5.32 Å². The number of aryl methyl sites for hydroxylation is 2. The zero-order chi connectivity index (χ0) is 13.8. The summed E-state index contributed by atoms with van der Waals surface area (Å²) in [5.41, 5.74) is 3.79. The van der Waals surface area contributed by atoms with Gasteiger partial charge in [-0.1, -0.05) is 31.2 Å². The lowest BCUT2D eigenvalue weighted by Crippen LogP contribution is -2.25. The fraction of sp³-hybridized carbons (Fsp3) is 0.400. The molecule has 1 heterocycles. The second-order valence-corrected chi connectivity index (χ2v) is 5.40. The Morgan fingerprint density at radius 2 is 2.05 bits per heavy atom. The van der Waals surface area contributed by atoms with Crippen molar-refractivity contribution >= 4 is 15.9 Å². The summed E-state index contributed by atoms with van der Waals surface area (Å²) in [4.78, 5) is 0. The van der Waals surface area contributed by atoms with Crippen LogP contribution in [0.1, 0.15) is 36.7 Å². The highest BCUT2D eigenvalue weighted by Crippen LogP contribution is 2.30. The molecule has 0 saturated carbocycles. The van der Waals surface area contributed by atoms with E-state index < -0.39 is 0 Å². The Kier molecular flexibility index (Phi) is 4.77. The Morgan fingerprint density at radius 3 is 2.68 bits per heavy atom. The third-order valence-corrected chi connectivity index (χ3v) is 3.92. The summed E-state index contributed by atoms with van der Waals surface area (Å²) in [6.45, 7) is 8.19. The molecule has 102 valence electrons. The molecule has 1 N–H and O–H groups in total. The minimum Gasteiger partial charge on any atom is -0.305 e. The molecule has 4 heteroatoms. The van der Waals surface area contributed by atoms with Gasteiger partial charge in [-0.2, -0.15) is 5.10 Å². The maximum absolute atomic E-state index is 4.42. The number of aromatic nitrogens is 2. The quantitative estimate of drug-likeness (QED) is 0.910. The lowest BCUT2D eigenvalue weighted by atomic mass is 9.98. The molecule has 0 fully saturated rings. The van der Waals surface area contributed by atoms with E-state index in [0.29, 0.717) is 0 Å². The van der Waals surface area contributed by atoms with E-state index in [1.165, 1.54) is 16.8 Å². The van der Waals surface area contributed by atoms with Gasteiger partial charge in [0, 0.05) is 6.54 Å². The number of halogens is 1. The van der Waals surface area contributed by atoms with Crippen LogP contribution in [0.25, 0.3) is 0 Å². The van der Waals surface area contributed by atoms with Crippen LogP contribution in [0.5, 0.6) is 0 Å². The molecule has 0 aliphatic heterocycles. The van der Waals surface area contributed by atoms with Crippen LogP contribution in [0.3, 0.4) is 0 Å². The van der Waals surface area contributed by atoms with Gasteiger partial charge in [0.1, 0.15) is 0 Å². The first kappa shape index (κ1) is 14.3. The van der Waals surface area contributed by atoms with Crippen molar-refractivity contribution in [1.82, 2.24) is 15.1 Å². The summed E-state index contributed by atoms with van der Waals surface area (Å²) in [5, 5.41) is 7.99. The molecule has 0 aliphatic carbocycles. The molecule has 1 unspecified atom stereocenters. The van der Waals surface area contributed by atoms with Crippen molar-refractivity contribution in [3.63, 3.8) is 0 Å². The smallest absolute Gasteiger partial charge is 0.0762 e. The van der Waals surface area contributed by atoms with E-state index >= 15 is 0 Å². The maximum Gasteiger partial charge on any atom is 0.0762 e. The van der Waals surface area contributed by atoms with Gasteiger partial charge in [0.25, 0.3) is 0 Å². The summed E-state index contributed by atoms with van der Waals surface area (Å²) < 4.78 is 3.10. The van der Waals surface area contributed by atoms with E-state index in [1.807, 2.05) is 10.9 Å². The molecule has 0 aliphatic rings. The van der Waals surface area contributed by atoms with Crippen LogP contribution in [0.15, 0.2) is 34.9 Å². The molecular weight excluding hydrogens is 302 g/mol. The largest absolute Gasteiger partial charge is 0.305 e. The molecule has 19 heavy (non-hydrogen) atoms. The predicted molar refractivity (Wildman–Crippen MR) is 82.3 cm³/mol. The van der Waals surface area contributed by atoms with Gasteiger partial charge in [0.05, 0.1) is 22.4 Å². The maximum atomic E-state index is 4.42. The number of benzene rings is 1. The van der Waals surface area contributed by atoms with Crippen LogP contribution in [0, 0.1) is 6.92 Å². The van der Waals surface area contributed by atoms with E-state index in [4.69, 9.17) is 0 Å². The number of nitrogens with one attached hydrogen (secondary N) is 1. The Hall–Kier alpha value is -1.13. The van der Waals surface area contributed by atoms with E-state index in [0.717, 1.165) is 17.6 Å². The van der Waals surface area contributed by atoms with Crippen LogP contribution in [-0.4, -0.2) is 16.3 Å². The van der Waals surface area contributed by atoms with E-state index in [-0.39, 0.29) is 6.04 Å². The van der Waals surface area contributed by atoms with E-state index in [2.05, 4.69) is 71.4 Å². The van der Waals surface area contributed by atoms with E-state index in [1.54, 1.807) is 0 Å². The molecule has 1 atom stereocenters. The van der Waals surface area contributed by atoms with Gasteiger partial charge in [-0.15, -0.1) is 0 Å². The van der Waals surface area contributed by atoms with Crippen molar-refractivity contribution in [3.8, 4) is 0 Å². The summed E-state index contributed by atoms with van der Waals surface area (Å²) >= 11 is 3.63. The molecule has 2 rings (SSSR count). The van der Waals surface area contributed by atoms with Gasteiger partial charge >= 0.3 is 0 Å². The fourth-order valence-corrected chi connectivity index (χ4v) is 2.90. The average molecular weight is 322 g/mol. The van der Waals surface area contributed by atoms with Gasteiger partial charge in [-0.25, -0.2) is 0 Å². The van der Waals surface area contributed by atoms with Crippen LogP contribution < -0.4 is 5.32 Å². The van der Waals surface area contributed by atoms with Gasteiger partial charge in [0.15, 0.2) is 0 Å². The number of hydrogen-bond acceptors (Lipinski definition) is 2. The van der Waals surface area contributed by atoms with Crippen molar-refractivity contribution in [3.05, 3.63) is 51.8 Å². The summed E-state index contributed by atoms with van der Waals surface area (Å²) in [6, 6.07) is 8.67. The molecular formula is C15H20BrN3. The molecule has 1 aromatic carbocycles. The Bertz CT molecular complexity index is 548. The monoisotopic (exact) mass is 321 g/mol. The zero-order valence-corrected chi connectivity index (χ0v) is 13.2. The molecule has 0 bridgehead atoms. The average Bonchev–Trinajstić information content (AvgIpc) is 2.78. The van der Waals surface area contributed by atoms with Crippen molar-refractivity contribution in [2.75, 3.05) is 6.54 Å². The van der Waals surface area contributed by atoms with Crippen molar-refractivity contribution < 1.29 is 0 Å². The number of nitrogens with zero attached hydrogens (tertiary/aromatic N) is 2. The van der Waals surface area contributed by atoms with Crippen LogP contribution in [0.2, 0.25) is 0 Å². The first-order valence-corrected chi connectivity index (χ1v) is 7.48. The Labute approximate surface area is 123 Å². The molecule has 0 spiro atoms. The normalized spacial score (nSPS) is 12.6.